The predicted octanol–water partition coefficient (Wildman–Crippen LogP) is 2.86. The first-order chi connectivity index (χ1) is 9.28. The van der Waals surface area contributed by atoms with Gasteiger partial charge in [-0.2, -0.15) is 5.10 Å². The van der Waals surface area contributed by atoms with Crippen LogP contribution in [0.3, 0.4) is 0 Å². The standard InChI is InChI=1S/C15H21N3S/c1-3-16-10-13-5-4-6-15(9-13)19-8-7-14-11-17-18(2)12-14/h4-6,9,11-12,16H,3,7-8,10H2,1-2H3. The number of hydrogen-bond acceptors (Lipinski definition) is 3. The number of benzene rings is 1. The molecule has 0 radical (unpaired) electrons. The summed E-state index contributed by atoms with van der Waals surface area (Å²) in [5.74, 6) is 1.09. The number of rotatable bonds is 7. The highest BCUT2D eigenvalue weighted by molar-refractivity contribution is 7.99. The van der Waals surface area contributed by atoms with Gasteiger partial charge in [0.15, 0.2) is 0 Å². The van der Waals surface area contributed by atoms with Crippen molar-refractivity contribution in [1.29, 1.82) is 0 Å². The minimum absolute atomic E-state index is 0.952. The largest absolute Gasteiger partial charge is 0.313 e. The highest BCUT2D eigenvalue weighted by Gasteiger charge is 1.99. The summed E-state index contributed by atoms with van der Waals surface area (Å²) >= 11 is 1.91. The first-order valence-corrected chi connectivity index (χ1v) is 7.66. The zero-order valence-electron chi connectivity index (χ0n) is 11.6. The van der Waals surface area contributed by atoms with E-state index in [1.165, 1.54) is 16.0 Å². The lowest BCUT2D eigenvalue weighted by molar-refractivity contribution is 0.725. The molecule has 1 aromatic carbocycles. The molecule has 0 fully saturated rings. The second-order valence-corrected chi connectivity index (χ2v) is 5.72. The van der Waals surface area contributed by atoms with Crippen LogP contribution in [0.1, 0.15) is 18.1 Å². The van der Waals surface area contributed by atoms with Gasteiger partial charge < -0.3 is 5.32 Å². The molecule has 4 heteroatoms. The number of aryl methyl sites for hydroxylation is 2. The maximum atomic E-state index is 4.19. The molecule has 0 bridgehead atoms. The van der Waals surface area contributed by atoms with E-state index in [2.05, 4.69) is 47.8 Å². The zero-order valence-corrected chi connectivity index (χ0v) is 12.4. The van der Waals surface area contributed by atoms with E-state index in [9.17, 15) is 0 Å². The second-order valence-electron chi connectivity index (χ2n) is 4.55. The van der Waals surface area contributed by atoms with Crippen molar-refractivity contribution in [1.82, 2.24) is 15.1 Å². The molecule has 1 N–H and O–H groups in total. The summed E-state index contributed by atoms with van der Waals surface area (Å²) in [5.41, 5.74) is 2.66. The summed E-state index contributed by atoms with van der Waals surface area (Å²) in [7, 11) is 1.96. The van der Waals surface area contributed by atoms with E-state index in [4.69, 9.17) is 0 Å². The average molecular weight is 275 g/mol. The molecule has 19 heavy (non-hydrogen) atoms. The molecule has 2 rings (SSSR count). The van der Waals surface area contributed by atoms with Gasteiger partial charge in [-0.25, -0.2) is 0 Å². The highest BCUT2D eigenvalue weighted by Crippen LogP contribution is 2.20. The Labute approximate surface area is 119 Å². The second kappa shape index (κ2) is 7.36. The van der Waals surface area contributed by atoms with Crippen molar-refractivity contribution in [3.05, 3.63) is 47.8 Å². The van der Waals surface area contributed by atoms with Crippen LogP contribution in [0, 0.1) is 0 Å². The van der Waals surface area contributed by atoms with Crippen molar-refractivity contribution in [3.8, 4) is 0 Å². The quantitative estimate of drug-likeness (QED) is 0.788. The van der Waals surface area contributed by atoms with Gasteiger partial charge in [0.05, 0.1) is 6.20 Å². The summed E-state index contributed by atoms with van der Waals surface area (Å²) in [6.07, 6.45) is 5.10. The van der Waals surface area contributed by atoms with E-state index >= 15 is 0 Å². The molecule has 0 aliphatic heterocycles. The topological polar surface area (TPSA) is 29.9 Å². The van der Waals surface area contributed by atoms with Crippen molar-refractivity contribution in [2.75, 3.05) is 12.3 Å². The molecule has 2 aromatic rings. The fourth-order valence-corrected chi connectivity index (χ4v) is 2.89. The number of nitrogens with one attached hydrogen (secondary N) is 1. The molecular weight excluding hydrogens is 254 g/mol. The molecule has 0 spiro atoms. The highest BCUT2D eigenvalue weighted by atomic mass is 32.2. The molecule has 0 aliphatic rings. The van der Waals surface area contributed by atoms with Gasteiger partial charge in [0.2, 0.25) is 0 Å². The van der Waals surface area contributed by atoms with Gasteiger partial charge in [0.25, 0.3) is 0 Å². The van der Waals surface area contributed by atoms with Crippen LogP contribution < -0.4 is 5.32 Å². The van der Waals surface area contributed by atoms with Crippen LogP contribution in [0.5, 0.6) is 0 Å². The van der Waals surface area contributed by atoms with Gasteiger partial charge >= 0.3 is 0 Å². The maximum Gasteiger partial charge on any atom is 0.0521 e. The third-order valence-electron chi connectivity index (χ3n) is 2.90. The molecule has 0 saturated carbocycles. The van der Waals surface area contributed by atoms with Crippen molar-refractivity contribution in [2.45, 2.75) is 24.8 Å². The Bertz CT molecular complexity index is 508. The molecule has 0 aliphatic carbocycles. The lowest BCUT2D eigenvalue weighted by Gasteiger charge is -2.05. The van der Waals surface area contributed by atoms with Crippen molar-refractivity contribution in [2.24, 2.45) is 7.05 Å². The molecule has 1 aromatic heterocycles. The van der Waals surface area contributed by atoms with Crippen molar-refractivity contribution < 1.29 is 0 Å². The molecule has 1 heterocycles. The zero-order chi connectivity index (χ0) is 13.5. The number of aromatic nitrogens is 2. The summed E-state index contributed by atoms with van der Waals surface area (Å²) in [4.78, 5) is 1.35. The Morgan fingerprint density at radius 1 is 1.32 bits per heavy atom. The van der Waals surface area contributed by atoms with Crippen molar-refractivity contribution >= 4 is 11.8 Å². The molecular formula is C15H21N3S. The van der Waals surface area contributed by atoms with E-state index in [0.717, 1.165) is 25.3 Å². The Hall–Kier alpha value is -1.26. The van der Waals surface area contributed by atoms with E-state index < -0.39 is 0 Å². The maximum absolute atomic E-state index is 4.19. The van der Waals surface area contributed by atoms with Crippen LogP contribution in [0.2, 0.25) is 0 Å². The number of hydrogen-bond donors (Lipinski definition) is 1. The number of nitrogens with zero attached hydrogens (tertiary/aromatic N) is 2. The van der Waals surface area contributed by atoms with Crippen LogP contribution in [0.4, 0.5) is 0 Å². The van der Waals surface area contributed by atoms with E-state index in [0.29, 0.717) is 0 Å². The summed E-state index contributed by atoms with van der Waals surface area (Å²) in [6.45, 7) is 4.10. The molecule has 0 saturated heterocycles. The summed E-state index contributed by atoms with van der Waals surface area (Å²) < 4.78 is 1.86. The van der Waals surface area contributed by atoms with Gasteiger partial charge in [0.1, 0.15) is 0 Å². The van der Waals surface area contributed by atoms with Gasteiger partial charge in [0, 0.05) is 30.4 Å². The third kappa shape index (κ3) is 4.73. The van der Waals surface area contributed by atoms with E-state index in [1.807, 2.05) is 29.7 Å². The minimum atomic E-state index is 0.952. The molecule has 0 atom stereocenters. The van der Waals surface area contributed by atoms with Crippen LogP contribution in [0.25, 0.3) is 0 Å². The third-order valence-corrected chi connectivity index (χ3v) is 3.89. The Kier molecular flexibility index (Phi) is 5.48. The first-order valence-electron chi connectivity index (χ1n) is 6.68. The molecule has 0 amide bonds. The lowest BCUT2D eigenvalue weighted by atomic mass is 10.2. The molecule has 102 valence electrons. The van der Waals surface area contributed by atoms with Crippen molar-refractivity contribution in [3.63, 3.8) is 0 Å². The normalized spacial score (nSPS) is 10.8. The van der Waals surface area contributed by atoms with Crippen LogP contribution in [-0.2, 0) is 20.0 Å². The monoisotopic (exact) mass is 275 g/mol. The fraction of sp³-hybridized carbons (Fsp3) is 0.400. The van der Waals surface area contributed by atoms with Crippen LogP contribution in [0.15, 0.2) is 41.6 Å². The van der Waals surface area contributed by atoms with Gasteiger partial charge in [-0.05, 0) is 36.2 Å². The summed E-state index contributed by atoms with van der Waals surface area (Å²) in [5, 5.41) is 7.55. The average Bonchev–Trinajstić information content (AvgIpc) is 2.83. The predicted molar refractivity (Wildman–Crippen MR) is 81.5 cm³/mol. The molecule has 0 unspecified atom stereocenters. The minimum Gasteiger partial charge on any atom is -0.313 e. The van der Waals surface area contributed by atoms with E-state index in [1.54, 1.807) is 0 Å². The lowest BCUT2D eigenvalue weighted by Crippen LogP contribution is -2.11. The SMILES string of the molecule is CCNCc1cccc(SCCc2cnn(C)c2)c1. The Morgan fingerprint density at radius 3 is 2.95 bits per heavy atom. The number of thioether (sulfide) groups is 1. The smallest absolute Gasteiger partial charge is 0.0521 e. The fourth-order valence-electron chi connectivity index (χ4n) is 1.90. The van der Waals surface area contributed by atoms with Gasteiger partial charge in [-0.3, -0.25) is 4.68 Å². The molecule has 3 nitrogen and oxygen atoms in total. The van der Waals surface area contributed by atoms with Crippen LogP contribution >= 0.6 is 11.8 Å². The summed E-state index contributed by atoms with van der Waals surface area (Å²) in [6, 6.07) is 8.77. The van der Waals surface area contributed by atoms with Crippen LogP contribution in [-0.4, -0.2) is 22.1 Å². The van der Waals surface area contributed by atoms with Gasteiger partial charge in [-0.1, -0.05) is 19.1 Å². The van der Waals surface area contributed by atoms with E-state index in [-0.39, 0.29) is 0 Å². The van der Waals surface area contributed by atoms with Gasteiger partial charge in [-0.15, -0.1) is 11.8 Å². The first kappa shape index (κ1) is 14.2. The Balaban J connectivity index is 1.82. The Morgan fingerprint density at radius 2 is 2.21 bits per heavy atom.